The first-order chi connectivity index (χ1) is 5.38. The third-order valence-electron chi connectivity index (χ3n) is 2.42. The van der Waals surface area contributed by atoms with Crippen LogP contribution in [0.3, 0.4) is 0 Å². The summed E-state index contributed by atoms with van der Waals surface area (Å²) in [5, 5.41) is 0. The van der Waals surface area contributed by atoms with Crippen LogP contribution in [0.15, 0.2) is 30.3 Å². The zero-order valence-corrected chi connectivity index (χ0v) is 6.66. The van der Waals surface area contributed by atoms with Gasteiger partial charge in [-0.15, -0.1) is 0 Å². The van der Waals surface area contributed by atoms with Crippen molar-refractivity contribution >= 4 is 0 Å². The Morgan fingerprint density at radius 1 is 1.18 bits per heavy atom. The molecule has 0 saturated heterocycles. The van der Waals surface area contributed by atoms with E-state index in [4.69, 9.17) is 0 Å². The van der Waals surface area contributed by atoms with Crippen molar-refractivity contribution in [2.45, 2.75) is 18.9 Å². The quantitative estimate of drug-likeness (QED) is 0.656. The van der Waals surface area contributed by atoms with Gasteiger partial charge in [-0.25, -0.2) is 0 Å². The molecule has 0 unspecified atom stereocenters. The molecule has 0 radical (unpaired) electrons. The molecule has 1 aliphatic carbocycles. The SMILES string of the molecule is [NH3+][C@@H](c1ccccc1)C1CC1. The second kappa shape index (κ2) is 2.67. The summed E-state index contributed by atoms with van der Waals surface area (Å²) in [5.41, 5.74) is 5.57. The lowest BCUT2D eigenvalue weighted by atomic mass is 10.0. The van der Waals surface area contributed by atoms with Crippen molar-refractivity contribution < 1.29 is 5.73 Å². The average Bonchev–Trinajstić information content (AvgIpc) is 2.87. The van der Waals surface area contributed by atoms with Crippen LogP contribution in [0.4, 0.5) is 0 Å². The van der Waals surface area contributed by atoms with Gasteiger partial charge in [0.15, 0.2) is 0 Å². The number of hydrogen-bond donors (Lipinski definition) is 1. The second-order valence-electron chi connectivity index (χ2n) is 3.35. The highest BCUT2D eigenvalue weighted by Gasteiger charge is 2.32. The molecule has 0 bridgehead atoms. The van der Waals surface area contributed by atoms with Gasteiger partial charge in [-0.05, 0) is 12.8 Å². The van der Waals surface area contributed by atoms with E-state index in [-0.39, 0.29) is 0 Å². The highest BCUT2D eigenvalue weighted by atomic mass is 14.7. The molecule has 1 aromatic carbocycles. The van der Waals surface area contributed by atoms with Crippen molar-refractivity contribution in [3.8, 4) is 0 Å². The van der Waals surface area contributed by atoms with Gasteiger partial charge < -0.3 is 5.73 Å². The van der Waals surface area contributed by atoms with Crippen LogP contribution >= 0.6 is 0 Å². The third kappa shape index (κ3) is 1.43. The lowest BCUT2D eigenvalue weighted by Gasteiger charge is -2.05. The van der Waals surface area contributed by atoms with Crippen LogP contribution in [0.5, 0.6) is 0 Å². The predicted octanol–water partition coefficient (Wildman–Crippen LogP) is 1.38. The average molecular weight is 148 g/mol. The Labute approximate surface area is 67.2 Å². The van der Waals surface area contributed by atoms with Crippen LogP contribution in [0.2, 0.25) is 0 Å². The molecule has 1 saturated carbocycles. The molecule has 0 amide bonds. The van der Waals surface area contributed by atoms with Gasteiger partial charge in [-0.3, -0.25) is 0 Å². The second-order valence-corrected chi connectivity index (χ2v) is 3.35. The number of quaternary nitrogens is 1. The molecule has 0 spiro atoms. The summed E-state index contributed by atoms with van der Waals surface area (Å²) in [6.45, 7) is 0. The largest absolute Gasteiger partial charge is 0.351 e. The fourth-order valence-electron chi connectivity index (χ4n) is 1.47. The van der Waals surface area contributed by atoms with Gasteiger partial charge in [0.25, 0.3) is 0 Å². The summed E-state index contributed by atoms with van der Waals surface area (Å²) < 4.78 is 0. The third-order valence-corrected chi connectivity index (χ3v) is 2.42. The Bertz CT molecular complexity index is 226. The Kier molecular flexibility index (Phi) is 1.66. The summed E-state index contributed by atoms with van der Waals surface area (Å²) in [6.07, 6.45) is 2.76. The normalized spacial score (nSPS) is 19.7. The molecular weight excluding hydrogens is 134 g/mol. The standard InChI is InChI=1S/C10H13N/c11-10(9-6-7-9)8-4-2-1-3-5-8/h1-5,9-10H,6-7,11H2/p+1/t10-/m0/s1. The molecule has 2 rings (SSSR count). The highest BCUT2D eigenvalue weighted by Crippen LogP contribution is 2.37. The van der Waals surface area contributed by atoms with Gasteiger partial charge in [0.05, 0.1) is 0 Å². The maximum absolute atomic E-state index is 4.17. The molecule has 11 heavy (non-hydrogen) atoms. The lowest BCUT2D eigenvalue weighted by molar-refractivity contribution is -0.432. The first kappa shape index (κ1) is 6.86. The van der Waals surface area contributed by atoms with E-state index in [1.54, 1.807) is 0 Å². The Morgan fingerprint density at radius 2 is 1.82 bits per heavy atom. The summed E-state index contributed by atoms with van der Waals surface area (Å²) in [6, 6.07) is 11.1. The summed E-state index contributed by atoms with van der Waals surface area (Å²) in [7, 11) is 0. The van der Waals surface area contributed by atoms with Crippen molar-refractivity contribution in [1.29, 1.82) is 0 Å². The predicted molar refractivity (Wildman–Crippen MR) is 44.8 cm³/mol. The van der Waals surface area contributed by atoms with Crippen LogP contribution in [0, 0.1) is 5.92 Å². The summed E-state index contributed by atoms with van der Waals surface area (Å²) in [5.74, 6) is 0.873. The number of benzene rings is 1. The zero-order chi connectivity index (χ0) is 7.68. The monoisotopic (exact) mass is 148 g/mol. The van der Waals surface area contributed by atoms with E-state index in [9.17, 15) is 0 Å². The number of hydrogen-bond acceptors (Lipinski definition) is 0. The van der Waals surface area contributed by atoms with Crippen LogP contribution in [0.1, 0.15) is 24.4 Å². The maximum Gasteiger partial charge on any atom is 0.113 e. The topological polar surface area (TPSA) is 27.6 Å². The van der Waals surface area contributed by atoms with Crippen LogP contribution < -0.4 is 5.73 Å². The van der Waals surface area contributed by atoms with Crippen molar-refractivity contribution in [2.75, 3.05) is 0 Å². The molecule has 1 fully saturated rings. The van der Waals surface area contributed by atoms with Gasteiger partial charge in [0.2, 0.25) is 0 Å². The minimum Gasteiger partial charge on any atom is -0.351 e. The van der Waals surface area contributed by atoms with Gasteiger partial charge in [0, 0.05) is 11.5 Å². The van der Waals surface area contributed by atoms with E-state index < -0.39 is 0 Å². The Hall–Kier alpha value is -0.820. The van der Waals surface area contributed by atoms with Crippen LogP contribution in [0.25, 0.3) is 0 Å². The van der Waals surface area contributed by atoms with Gasteiger partial charge in [0.1, 0.15) is 6.04 Å². The smallest absolute Gasteiger partial charge is 0.113 e. The highest BCUT2D eigenvalue weighted by molar-refractivity contribution is 5.18. The van der Waals surface area contributed by atoms with E-state index in [1.165, 1.54) is 18.4 Å². The van der Waals surface area contributed by atoms with Crippen molar-refractivity contribution in [3.63, 3.8) is 0 Å². The summed E-state index contributed by atoms with van der Waals surface area (Å²) >= 11 is 0. The molecule has 58 valence electrons. The van der Waals surface area contributed by atoms with Crippen molar-refractivity contribution in [3.05, 3.63) is 35.9 Å². The fourth-order valence-corrected chi connectivity index (χ4v) is 1.47. The molecule has 1 heteroatoms. The molecule has 3 N–H and O–H groups in total. The molecular formula is C10H14N+. The van der Waals surface area contributed by atoms with Gasteiger partial charge >= 0.3 is 0 Å². The van der Waals surface area contributed by atoms with E-state index >= 15 is 0 Å². The fraction of sp³-hybridized carbons (Fsp3) is 0.400. The molecule has 1 aliphatic rings. The molecule has 1 nitrogen and oxygen atoms in total. The van der Waals surface area contributed by atoms with Crippen molar-refractivity contribution in [2.24, 2.45) is 5.92 Å². The zero-order valence-electron chi connectivity index (χ0n) is 6.66. The summed E-state index contributed by atoms with van der Waals surface area (Å²) in [4.78, 5) is 0. The molecule has 1 aromatic rings. The molecule has 0 aliphatic heterocycles. The van der Waals surface area contributed by atoms with E-state index in [1.807, 2.05) is 0 Å². The van der Waals surface area contributed by atoms with E-state index in [0.717, 1.165) is 5.92 Å². The van der Waals surface area contributed by atoms with Crippen molar-refractivity contribution in [1.82, 2.24) is 0 Å². The van der Waals surface area contributed by atoms with E-state index in [2.05, 4.69) is 36.1 Å². The maximum atomic E-state index is 4.17. The lowest BCUT2D eigenvalue weighted by Crippen LogP contribution is -2.54. The first-order valence-electron chi connectivity index (χ1n) is 4.26. The molecule has 0 heterocycles. The Morgan fingerprint density at radius 3 is 2.36 bits per heavy atom. The van der Waals surface area contributed by atoms with Gasteiger partial charge in [-0.1, -0.05) is 30.3 Å². The van der Waals surface area contributed by atoms with Gasteiger partial charge in [-0.2, -0.15) is 0 Å². The number of rotatable bonds is 2. The van der Waals surface area contributed by atoms with Crippen LogP contribution in [-0.2, 0) is 0 Å². The minimum absolute atomic E-state index is 0.538. The van der Waals surface area contributed by atoms with Crippen LogP contribution in [-0.4, -0.2) is 0 Å². The first-order valence-corrected chi connectivity index (χ1v) is 4.26. The molecule has 0 aromatic heterocycles. The Balaban J connectivity index is 2.15. The van der Waals surface area contributed by atoms with E-state index in [0.29, 0.717) is 6.04 Å². The minimum atomic E-state index is 0.538. The molecule has 1 atom stereocenters.